The number of para-hydroxylation sites is 2. The Morgan fingerprint density at radius 3 is 2.65 bits per heavy atom. The summed E-state index contributed by atoms with van der Waals surface area (Å²) in [5.74, 6) is -0.505. The first kappa shape index (κ1) is 18.1. The van der Waals surface area contributed by atoms with E-state index in [1.807, 2.05) is 54.6 Å². The van der Waals surface area contributed by atoms with Gasteiger partial charge in [0, 0.05) is 36.3 Å². The number of hydrogen-bond donors (Lipinski definition) is 2. The van der Waals surface area contributed by atoms with E-state index in [1.165, 1.54) is 17.8 Å². The van der Waals surface area contributed by atoms with Gasteiger partial charge >= 0.3 is 0 Å². The summed E-state index contributed by atoms with van der Waals surface area (Å²) in [6.45, 7) is 4.15. The normalized spacial score (nSPS) is 14.5. The molecule has 3 rings (SSSR count). The molecule has 0 aromatic heterocycles. The molecule has 0 spiro atoms. The zero-order valence-corrected chi connectivity index (χ0v) is 15.4. The summed E-state index contributed by atoms with van der Waals surface area (Å²) in [5.41, 5.74) is 1.91. The van der Waals surface area contributed by atoms with Gasteiger partial charge in [0.2, 0.25) is 5.91 Å². The van der Waals surface area contributed by atoms with Crippen molar-refractivity contribution in [2.24, 2.45) is 0 Å². The molecular formula is C20H21N3O2S. The number of carbonyl (C=O) groups excluding carboxylic acids is 2. The number of hydrogen-bond acceptors (Lipinski definition) is 4. The lowest BCUT2D eigenvalue weighted by atomic mass is 10.3. The maximum absolute atomic E-state index is 12.2. The van der Waals surface area contributed by atoms with E-state index >= 15 is 0 Å². The fraction of sp³-hybridized carbons (Fsp3) is 0.200. The van der Waals surface area contributed by atoms with Crippen LogP contribution < -0.4 is 15.5 Å². The van der Waals surface area contributed by atoms with Crippen LogP contribution in [-0.2, 0) is 9.59 Å². The van der Waals surface area contributed by atoms with E-state index in [0.717, 1.165) is 22.8 Å². The highest BCUT2D eigenvalue weighted by atomic mass is 32.2. The Labute approximate surface area is 157 Å². The third-order valence-electron chi connectivity index (χ3n) is 4.03. The Morgan fingerprint density at radius 1 is 1.15 bits per heavy atom. The van der Waals surface area contributed by atoms with Crippen molar-refractivity contribution in [3.63, 3.8) is 0 Å². The van der Waals surface area contributed by atoms with E-state index < -0.39 is 0 Å². The summed E-state index contributed by atoms with van der Waals surface area (Å²) in [6, 6.07) is 17.6. The molecule has 2 N–H and O–H groups in total. The van der Waals surface area contributed by atoms with E-state index in [2.05, 4.69) is 22.5 Å². The average Bonchev–Trinajstić information content (AvgIpc) is 2.66. The van der Waals surface area contributed by atoms with Crippen molar-refractivity contribution in [3.8, 4) is 0 Å². The molecule has 0 bridgehead atoms. The van der Waals surface area contributed by atoms with Crippen molar-refractivity contribution in [1.82, 2.24) is 5.32 Å². The molecule has 1 aliphatic heterocycles. The topological polar surface area (TPSA) is 61.4 Å². The third kappa shape index (κ3) is 4.46. The molecule has 0 saturated heterocycles. The van der Waals surface area contributed by atoms with Crippen molar-refractivity contribution >= 4 is 35.0 Å². The second-order valence-corrected chi connectivity index (χ2v) is 6.85. The van der Waals surface area contributed by atoms with Gasteiger partial charge in [0.15, 0.2) is 0 Å². The van der Waals surface area contributed by atoms with Crippen LogP contribution in [0.4, 0.5) is 11.4 Å². The summed E-state index contributed by atoms with van der Waals surface area (Å²) < 4.78 is 0. The van der Waals surface area contributed by atoms with E-state index in [0.29, 0.717) is 18.0 Å². The zero-order valence-electron chi connectivity index (χ0n) is 14.6. The summed E-state index contributed by atoms with van der Waals surface area (Å²) in [5, 5.41) is 5.66. The van der Waals surface area contributed by atoms with Crippen LogP contribution in [0.5, 0.6) is 0 Å². The number of nitrogens with one attached hydrogen (secondary N) is 2. The minimum Gasteiger partial charge on any atom is -0.370 e. The number of thioether (sulfide) groups is 1. The largest absolute Gasteiger partial charge is 0.370 e. The highest BCUT2D eigenvalue weighted by Crippen LogP contribution is 2.37. The van der Waals surface area contributed by atoms with Crippen LogP contribution in [0.15, 0.2) is 70.5 Å². The van der Waals surface area contributed by atoms with Gasteiger partial charge < -0.3 is 15.5 Å². The number of benzene rings is 2. The lowest BCUT2D eigenvalue weighted by Crippen LogP contribution is -2.34. The molecule has 0 fully saturated rings. The van der Waals surface area contributed by atoms with Crippen molar-refractivity contribution in [1.29, 1.82) is 0 Å². The number of nitrogens with zero attached hydrogens (tertiary/aromatic N) is 1. The molecule has 0 radical (unpaired) electrons. The monoisotopic (exact) mass is 367 g/mol. The molecule has 0 atom stereocenters. The first-order valence-electron chi connectivity index (χ1n) is 8.55. The summed E-state index contributed by atoms with van der Waals surface area (Å²) in [4.78, 5) is 27.8. The van der Waals surface area contributed by atoms with Crippen molar-refractivity contribution in [3.05, 3.63) is 65.6 Å². The molecule has 6 heteroatoms. The van der Waals surface area contributed by atoms with Gasteiger partial charge in [-0.3, -0.25) is 9.59 Å². The Morgan fingerprint density at radius 2 is 1.88 bits per heavy atom. The van der Waals surface area contributed by atoms with Gasteiger partial charge in [0.1, 0.15) is 0 Å². The zero-order chi connectivity index (χ0) is 18.4. The molecule has 134 valence electrons. The fourth-order valence-corrected chi connectivity index (χ4v) is 3.62. The van der Waals surface area contributed by atoms with E-state index in [1.54, 1.807) is 0 Å². The average molecular weight is 367 g/mol. The lowest BCUT2D eigenvalue weighted by Gasteiger charge is -2.23. The van der Waals surface area contributed by atoms with Crippen LogP contribution in [0, 0.1) is 0 Å². The Kier molecular flexibility index (Phi) is 5.96. The van der Waals surface area contributed by atoms with Crippen LogP contribution in [-0.4, -0.2) is 31.4 Å². The van der Waals surface area contributed by atoms with Crippen LogP contribution in [0.3, 0.4) is 0 Å². The lowest BCUT2D eigenvalue weighted by molar-refractivity contribution is -0.117. The maximum Gasteiger partial charge on any atom is 0.262 e. The molecule has 0 unspecified atom stereocenters. The number of fused-ring (bicyclic) bond motifs is 1. The molecule has 2 aromatic carbocycles. The molecule has 0 saturated carbocycles. The highest BCUT2D eigenvalue weighted by Gasteiger charge is 2.21. The van der Waals surface area contributed by atoms with Gasteiger partial charge in [0.05, 0.1) is 10.6 Å². The number of likely N-dealkylation sites (N-methyl/N-ethyl adjacent to an activating group) is 1. The van der Waals surface area contributed by atoms with E-state index in [-0.39, 0.29) is 11.8 Å². The smallest absolute Gasteiger partial charge is 0.262 e. The second-order valence-electron chi connectivity index (χ2n) is 5.77. The predicted octanol–water partition coefficient (Wildman–Crippen LogP) is 3.26. The van der Waals surface area contributed by atoms with Crippen LogP contribution in [0.2, 0.25) is 0 Å². The van der Waals surface area contributed by atoms with Gasteiger partial charge in [-0.2, -0.15) is 0 Å². The Balaban J connectivity index is 1.55. The van der Waals surface area contributed by atoms with Gasteiger partial charge in [-0.05, 0) is 31.2 Å². The summed E-state index contributed by atoms with van der Waals surface area (Å²) in [6.07, 6.45) is 1.37. The van der Waals surface area contributed by atoms with Crippen LogP contribution in [0.25, 0.3) is 0 Å². The minimum atomic E-state index is -0.258. The maximum atomic E-state index is 12.2. The molecule has 1 heterocycles. The van der Waals surface area contributed by atoms with Crippen molar-refractivity contribution < 1.29 is 9.59 Å². The predicted molar refractivity (Wildman–Crippen MR) is 106 cm³/mol. The first-order valence-corrected chi connectivity index (χ1v) is 9.37. The number of amides is 2. The standard InChI is InChI=1S/C20H21N3O2S/c1-2-23(15-8-4-3-5-9-15)13-12-21-19(24)14-18-20(25)22-16-10-6-7-11-17(16)26-18/h3-11,14H,2,12-13H2,1H3,(H,21,24)(H,22,25)/b18-14-. The Hall–Kier alpha value is -2.73. The molecule has 1 aliphatic rings. The minimum absolute atomic E-state index is 0.247. The third-order valence-corrected chi connectivity index (χ3v) is 5.12. The fourth-order valence-electron chi connectivity index (χ4n) is 2.70. The van der Waals surface area contributed by atoms with Gasteiger partial charge in [-0.15, -0.1) is 0 Å². The van der Waals surface area contributed by atoms with Gasteiger partial charge in [-0.25, -0.2) is 0 Å². The molecule has 26 heavy (non-hydrogen) atoms. The highest BCUT2D eigenvalue weighted by molar-refractivity contribution is 8.04. The number of rotatable bonds is 6. The molecule has 5 nitrogen and oxygen atoms in total. The molecule has 2 amide bonds. The van der Waals surface area contributed by atoms with E-state index in [9.17, 15) is 9.59 Å². The quantitative estimate of drug-likeness (QED) is 0.770. The summed E-state index contributed by atoms with van der Waals surface area (Å²) in [7, 11) is 0. The Bertz CT molecular complexity index is 821. The van der Waals surface area contributed by atoms with Gasteiger partial charge in [0.25, 0.3) is 5.91 Å². The molecular weight excluding hydrogens is 346 g/mol. The van der Waals surface area contributed by atoms with Crippen LogP contribution in [0.1, 0.15) is 6.92 Å². The van der Waals surface area contributed by atoms with Crippen molar-refractivity contribution in [2.45, 2.75) is 11.8 Å². The van der Waals surface area contributed by atoms with Crippen LogP contribution >= 0.6 is 11.8 Å². The second kappa shape index (κ2) is 8.58. The van der Waals surface area contributed by atoms with Gasteiger partial charge in [-0.1, -0.05) is 42.1 Å². The summed E-state index contributed by atoms with van der Waals surface area (Å²) >= 11 is 1.31. The van der Waals surface area contributed by atoms with E-state index in [4.69, 9.17) is 0 Å². The molecule has 2 aromatic rings. The number of anilines is 2. The first-order chi connectivity index (χ1) is 12.7. The SMILES string of the molecule is CCN(CCNC(=O)/C=C1\Sc2ccccc2NC1=O)c1ccccc1. The number of carbonyl (C=O) groups is 2. The molecule has 0 aliphatic carbocycles. The van der Waals surface area contributed by atoms with Crippen molar-refractivity contribution in [2.75, 3.05) is 29.9 Å².